The molecule has 6 nitrogen and oxygen atoms in total. The van der Waals surface area contributed by atoms with Crippen LogP contribution in [0, 0.1) is 0 Å². The van der Waals surface area contributed by atoms with E-state index in [1.54, 1.807) is 31.4 Å². The van der Waals surface area contributed by atoms with Crippen LogP contribution in [0.25, 0.3) is 0 Å². The van der Waals surface area contributed by atoms with E-state index in [-0.39, 0.29) is 17.4 Å². The van der Waals surface area contributed by atoms with Gasteiger partial charge < -0.3 is 15.4 Å². The highest BCUT2D eigenvalue weighted by atomic mass is 16.5. The van der Waals surface area contributed by atoms with Gasteiger partial charge in [0.2, 0.25) is 0 Å². The molecule has 2 rings (SSSR count). The largest absolute Gasteiger partial charge is 0.497 e. The Morgan fingerprint density at radius 1 is 1.04 bits per heavy atom. The van der Waals surface area contributed by atoms with E-state index in [0.29, 0.717) is 22.6 Å². The first kappa shape index (κ1) is 17.5. The predicted molar refractivity (Wildman–Crippen MR) is 92.4 cm³/mol. The summed E-state index contributed by atoms with van der Waals surface area (Å²) in [7, 11) is 1.56. The summed E-state index contributed by atoms with van der Waals surface area (Å²) in [4.78, 5) is 28.5. The van der Waals surface area contributed by atoms with Crippen LogP contribution in [0.3, 0.4) is 0 Å². The summed E-state index contributed by atoms with van der Waals surface area (Å²) in [6.45, 7) is 5.66. The van der Waals surface area contributed by atoms with Crippen molar-refractivity contribution in [2.24, 2.45) is 0 Å². The quantitative estimate of drug-likeness (QED) is 0.905. The highest BCUT2D eigenvalue weighted by Crippen LogP contribution is 2.17. The van der Waals surface area contributed by atoms with Crippen LogP contribution in [-0.4, -0.2) is 29.4 Å². The number of nitrogens with one attached hydrogen (secondary N) is 2. The molecular weight excluding hydrogens is 306 g/mol. The maximum absolute atomic E-state index is 12.4. The number of carbonyl (C=O) groups is 2. The molecule has 0 atom stereocenters. The van der Waals surface area contributed by atoms with E-state index < -0.39 is 0 Å². The molecule has 0 aliphatic heterocycles. The Kier molecular flexibility index (Phi) is 5.18. The Labute approximate surface area is 141 Å². The van der Waals surface area contributed by atoms with Crippen molar-refractivity contribution in [1.29, 1.82) is 0 Å². The molecule has 0 spiro atoms. The maximum atomic E-state index is 12.4. The van der Waals surface area contributed by atoms with E-state index in [0.717, 1.165) is 0 Å². The van der Waals surface area contributed by atoms with Crippen LogP contribution in [0.2, 0.25) is 0 Å². The van der Waals surface area contributed by atoms with Crippen molar-refractivity contribution in [2.45, 2.75) is 26.3 Å². The lowest BCUT2D eigenvalue weighted by atomic mass is 10.1. The summed E-state index contributed by atoms with van der Waals surface area (Å²) in [5.74, 6) is 0.0245. The first-order chi connectivity index (χ1) is 11.3. The molecule has 1 heterocycles. The normalized spacial score (nSPS) is 10.8. The number of pyridine rings is 1. The Morgan fingerprint density at radius 2 is 1.71 bits per heavy atom. The number of hydrogen-bond donors (Lipinski definition) is 2. The van der Waals surface area contributed by atoms with Crippen LogP contribution in [-0.2, 0) is 0 Å². The first-order valence-corrected chi connectivity index (χ1v) is 7.51. The smallest absolute Gasteiger partial charge is 0.257 e. The monoisotopic (exact) mass is 327 g/mol. The molecule has 0 radical (unpaired) electrons. The zero-order chi connectivity index (χ0) is 17.7. The number of benzene rings is 1. The van der Waals surface area contributed by atoms with Gasteiger partial charge in [-0.05, 0) is 39.0 Å². The summed E-state index contributed by atoms with van der Waals surface area (Å²) in [5.41, 5.74) is 0.877. The van der Waals surface area contributed by atoms with E-state index in [2.05, 4.69) is 15.6 Å². The molecule has 0 saturated heterocycles. The average Bonchev–Trinajstić information content (AvgIpc) is 2.53. The predicted octanol–water partition coefficient (Wildman–Crippen LogP) is 2.87. The van der Waals surface area contributed by atoms with Crippen molar-refractivity contribution in [3.63, 3.8) is 0 Å². The molecule has 2 amide bonds. The third-order valence-electron chi connectivity index (χ3n) is 3.08. The fourth-order valence-electron chi connectivity index (χ4n) is 2.01. The van der Waals surface area contributed by atoms with Crippen LogP contribution < -0.4 is 15.4 Å². The van der Waals surface area contributed by atoms with Crippen molar-refractivity contribution >= 4 is 17.5 Å². The van der Waals surface area contributed by atoms with Crippen molar-refractivity contribution in [2.75, 3.05) is 12.4 Å². The molecule has 0 bridgehead atoms. The van der Waals surface area contributed by atoms with Gasteiger partial charge in [0, 0.05) is 29.7 Å². The Morgan fingerprint density at radius 3 is 2.33 bits per heavy atom. The van der Waals surface area contributed by atoms with Crippen LogP contribution in [0.4, 0.5) is 5.69 Å². The van der Waals surface area contributed by atoms with Crippen molar-refractivity contribution in [3.8, 4) is 5.75 Å². The highest BCUT2D eigenvalue weighted by Gasteiger charge is 2.17. The fourth-order valence-corrected chi connectivity index (χ4v) is 2.01. The molecule has 1 aromatic heterocycles. The number of aromatic nitrogens is 1. The molecule has 6 heteroatoms. The zero-order valence-corrected chi connectivity index (χ0v) is 14.2. The van der Waals surface area contributed by atoms with Gasteiger partial charge in [0.1, 0.15) is 5.75 Å². The van der Waals surface area contributed by atoms with Crippen molar-refractivity contribution in [1.82, 2.24) is 10.3 Å². The van der Waals surface area contributed by atoms with Crippen LogP contribution in [0.1, 0.15) is 41.5 Å². The molecule has 0 aliphatic rings. The second kappa shape index (κ2) is 7.12. The van der Waals surface area contributed by atoms with Crippen LogP contribution in [0.5, 0.6) is 5.75 Å². The molecule has 24 heavy (non-hydrogen) atoms. The maximum Gasteiger partial charge on any atom is 0.257 e. The van der Waals surface area contributed by atoms with E-state index >= 15 is 0 Å². The van der Waals surface area contributed by atoms with Gasteiger partial charge in [0.15, 0.2) is 0 Å². The lowest BCUT2D eigenvalue weighted by Gasteiger charge is -2.20. The molecule has 0 fully saturated rings. The van der Waals surface area contributed by atoms with Crippen molar-refractivity contribution < 1.29 is 14.3 Å². The standard InChI is InChI=1S/C18H21N3O3/c1-18(2,3)21-17(23)13-8-12(10-19-11-13)16(22)20-14-6-5-7-15(9-14)24-4/h5-11H,1-4H3,(H,20,22)(H,21,23). The van der Waals surface area contributed by atoms with Gasteiger partial charge in [0.25, 0.3) is 11.8 Å². The summed E-state index contributed by atoms with van der Waals surface area (Å²) in [5, 5.41) is 5.60. The SMILES string of the molecule is COc1cccc(NC(=O)c2cncc(C(=O)NC(C)(C)C)c2)c1. The third-order valence-corrected chi connectivity index (χ3v) is 3.08. The Hall–Kier alpha value is -2.89. The van der Waals surface area contributed by atoms with E-state index in [1.165, 1.54) is 18.5 Å². The van der Waals surface area contributed by atoms with Crippen LogP contribution >= 0.6 is 0 Å². The number of rotatable bonds is 4. The topological polar surface area (TPSA) is 80.3 Å². The average molecular weight is 327 g/mol. The lowest BCUT2D eigenvalue weighted by molar-refractivity contribution is 0.0919. The Balaban J connectivity index is 2.15. The summed E-state index contributed by atoms with van der Waals surface area (Å²) < 4.78 is 5.12. The van der Waals surface area contributed by atoms with E-state index in [9.17, 15) is 9.59 Å². The van der Waals surface area contributed by atoms with Gasteiger partial charge in [-0.25, -0.2) is 0 Å². The van der Waals surface area contributed by atoms with Gasteiger partial charge in [-0.3, -0.25) is 14.6 Å². The molecule has 126 valence electrons. The third kappa shape index (κ3) is 4.81. The number of carbonyl (C=O) groups excluding carboxylic acids is 2. The van der Waals surface area contributed by atoms with E-state index in [1.807, 2.05) is 20.8 Å². The molecule has 1 aromatic carbocycles. The molecular formula is C18H21N3O3. The zero-order valence-electron chi connectivity index (χ0n) is 14.2. The molecule has 0 unspecified atom stereocenters. The molecule has 0 saturated carbocycles. The number of methoxy groups -OCH3 is 1. The summed E-state index contributed by atoms with van der Waals surface area (Å²) >= 11 is 0. The second-order valence-electron chi connectivity index (χ2n) is 6.35. The number of ether oxygens (including phenoxy) is 1. The highest BCUT2D eigenvalue weighted by molar-refractivity contribution is 6.05. The van der Waals surface area contributed by atoms with Gasteiger partial charge in [-0.15, -0.1) is 0 Å². The van der Waals surface area contributed by atoms with Crippen molar-refractivity contribution in [3.05, 3.63) is 53.9 Å². The first-order valence-electron chi connectivity index (χ1n) is 7.51. The fraction of sp³-hybridized carbons (Fsp3) is 0.278. The number of nitrogens with zero attached hydrogens (tertiary/aromatic N) is 1. The Bertz CT molecular complexity index is 751. The minimum Gasteiger partial charge on any atom is -0.497 e. The van der Waals surface area contributed by atoms with E-state index in [4.69, 9.17) is 4.74 Å². The minimum atomic E-state index is -0.365. The molecule has 2 N–H and O–H groups in total. The van der Waals surface area contributed by atoms with Gasteiger partial charge >= 0.3 is 0 Å². The second-order valence-corrected chi connectivity index (χ2v) is 6.35. The number of anilines is 1. The minimum absolute atomic E-state index is 0.272. The van der Waals surface area contributed by atoms with Gasteiger partial charge in [-0.2, -0.15) is 0 Å². The molecule has 0 aliphatic carbocycles. The van der Waals surface area contributed by atoms with Gasteiger partial charge in [0.05, 0.1) is 18.2 Å². The van der Waals surface area contributed by atoms with Crippen LogP contribution in [0.15, 0.2) is 42.7 Å². The van der Waals surface area contributed by atoms with Gasteiger partial charge in [-0.1, -0.05) is 6.07 Å². The number of amides is 2. The summed E-state index contributed by atoms with van der Waals surface area (Å²) in [6, 6.07) is 8.55. The summed E-state index contributed by atoms with van der Waals surface area (Å²) in [6.07, 6.45) is 2.85. The molecule has 2 aromatic rings. The number of hydrogen-bond acceptors (Lipinski definition) is 4. The lowest BCUT2D eigenvalue weighted by Crippen LogP contribution is -2.40.